The molecule has 2 nitrogen and oxygen atoms in total. The maximum Gasteiger partial charge on any atom is 0.335 e. The lowest BCUT2D eigenvalue weighted by Crippen LogP contribution is -2.18. The molecule has 0 fully saturated rings. The van der Waals surface area contributed by atoms with Crippen LogP contribution in [0.4, 0.5) is 0 Å². The molecular weight excluding hydrogens is 208 g/mol. The van der Waals surface area contributed by atoms with Gasteiger partial charge < -0.3 is 5.11 Å². The van der Waals surface area contributed by atoms with E-state index in [1.807, 2.05) is 24.8 Å². The van der Waals surface area contributed by atoms with Crippen LogP contribution >= 0.6 is 11.8 Å². The second-order valence-corrected chi connectivity index (χ2v) is 5.61. The maximum atomic E-state index is 11.0. The van der Waals surface area contributed by atoms with Crippen molar-refractivity contribution in [2.45, 2.75) is 31.1 Å². The van der Waals surface area contributed by atoms with Crippen molar-refractivity contribution in [2.75, 3.05) is 5.75 Å². The Labute approximate surface area is 93.7 Å². The highest BCUT2D eigenvalue weighted by Crippen LogP contribution is 2.45. The van der Waals surface area contributed by atoms with Gasteiger partial charge in [0, 0.05) is 16.1 Å². The van der Waals surface area contributed by atoms with Crippen molar-refractivity contribution in [1.29, 1.82) is 0 Å². The minimum absolute atomic E-state index is 0.0928. The van der Waals surface area contributed by atoms with Crippen LogP contribution in [-0.2, 0) is 5.41 Å². The molecule has 1 aliphatic heterocycles. The molecule has 3 heteroatoms. The summed E-state index contributed by atoms with van der Waals surface area (Å²) in [5, 5.41) is 9.06. The number of carboxylic acids is 1. The van der Waals surface area contributed by atoms with Crippen LogP contribution in [0.2, 0.25) is 0 Å². The number of carbonyl (C=O) groups is 1. The fourth-order valence-corrected chi connectivity index (χ4v) is 3.61. The lowest BCUT2D eigenvalue weighted by Gasteiger charge is -2.21. The van der Waals surface area contributed by atoms with Crippen LogP contribution in [0.1, 0.15) is 35.3 Å². The lowest BCUT2D eigenvalue weighted by molar-refractivity contribution is 0.0696. The number of fused-ring (bicyclic) bond motifs is 1. The minimum Gasteiger partial charge on any atom is -0.478 e. The first-order chi connectivity index (χ1) is 6.93. The first-order valence-electron chi connectivity index (χ1n) is 4.93. The monoisotopic (exact) mass is 222 g/mol. The van der Waals surface area contributed by atoms with Gasteiger partial charge in [-0.25, -0.2) is 4.79 Å². The van der Waals surface area contributed by atoms with E-state index in [9.17, 15) is 4.79 Å². The molecule has 0 unspecified atom stereocenters. The van der Waals surface area contributed by atoms with Crippen molar-refractivity contribution < 1.29 is 9.90 Å². The second kappa shape index (κ2) is 3.27. The van der Waals surface area contributed by atoms with Crippen LogP contribution in [0.5, 0.6) is 0 Å². The Hall–Kier alpha value is -0.960. The Balaban J connectivity index is 2.67. The summed E-state index contributed by atoms with van der Waals surface area (Å²) in [5.41, 5.74) is 2.67. The summed E-state index contributed by atoms with van der Waals surface area (Å²) in [4.78, 5) is 12.3. The molecule has 0 radical (unpaired) electrons. The van der Waals surface area contributed by atoms with Crippen LogP contribution < -0.4 is 0 Å². The predicted molar refractivity (Wildman–Crippen MR) is 61.9 cm³/mol. The van der Waals surface area contributed by atoms with E-state index in [1.165, 1.54) is 10.5 Å². The topological polar surface area (TPSA) is 37.3 Å². The third kappa shape index (κ3) is 1.55. The molecule has 1 N–H and O–H groups in total. The van der Waals surface area contributed by atoms with Crippen LogP contribution in [0.15, 0.2) is 17.0 Å². The number of hydrogen-bond donors (Lipinski definition) is 1. The predicted octanol–water partition coefficient (Wildman–Crippen LogP) is 3.08. The van der Waals surface area contributed by atoms with E-state index in [0.29, 0.717) is 5.56 Å². The van der Waals surface area contributed by atoms with Gasteiger partial charge in [-0.15, -0.1) is 11.8 Å². The van der Waals surface area contributed by atoms with Crippen LogP contribution in [-0.4, -0.2) is 16.8 Å². The Bertz CT molecular complexity index is 435. The number of thioether (sulfide) groups is 1. The zero-order chi connectivity index (χ0) is 11.2. The summed E-state index contributed by atoms with van der Waals surface area (Å²) in [6.45, 7) is 6.25. The van der Waals surface area contributed by atoms with Gasteiger partial charge in [-0.1, -0.05) is 13.8 Å². The molecular formula is C12H14O2S. The van der Waals surface area contributed by atoms with E-state index in [-0.39, 0.29) is 5.41 Å². The van der Waals surface area contributed by atoms with Crippen molar-refractivity contribution in [3.05, 3.63) is 28.8 Å². The number of aromatic carboxylic acids is 1. The molecule has 0 saturated heterocycles. The molecule has 2 rings (SSSR count). The second-order valence-electron chi connectivity index (χ2n) is 4.59. The Kier molecular flexibility index (Phi) is 2.30. The third-order valence-corrected chi connectivity index (χ3v) is 4.44. The van der Waals surface area contributed by atoms with Gasteiger partial charge in [0.25, 0.3) is 0 Å². The van der Waals surface area contributed by atoms with Gasteiger partial charge in [-0.2, -0.15) is 0 Å². The average Bonchev–Trinajstić information content (AvgIpc) is 2.42. The molecule has 0 aliphatic carbocycles. The number of carboxylic acid groups (broad SMARTS) is 1. The van der Waals surface area contributed by atoms with Crippen LogP contribution in [0.3, 0.4) is 0 Å². The molecule has 1 aliphatic rings. The van der Waals surface area contributed by atoms with Crippen molar-refractivity contribution in [1.82, 2.24) is 0 Å². The minimum atomic E-state index is -0.831. The van der Waals surface area contributed by atoms with E-state index < -0.39 is 5.97 Å². The van der Waals surface area contributed by atoms with Gasteiger partial charge in [0.2, 0.25) is 0 Å². The van der Waals surface area contributed by atoms with Crippen molar-refractivity contribution >= 4 is 17.7 Å². The standard InChI is InChI=1S/C12H14O2S/c1-7-8(11(13)14)4-5-9-10(7)12(2,3)6-15-9/h4-5H,6H2,1-3H3,(H,13,14). The molecule has 0 aromatic heterocycles. The number of hydrogen-bond acceptors (Lipinski definition) is 2. The lowest BCUT2D eigenvalue weighted by atomic mass is 9.82. The largest absolute Gasteiger partial charge is 0.478 e. The average molecular weight is 222 g/mol. The summed E-state index contributed by atoms with van der Waals surface area (Å²) in [5.74, 6) is 0.203. The number of benzene rings is 1. The molecule has 80 valence electrons. The molecule has 0 amide bonds. The Morgan fingerprint density at radius 2 is 2.13 bits per heavy atom. The molecule has 1 heterocycles. The van der Waals surface area contributed by atoms with Crippen molar-refractivity contribution in [2.24, 2.45) is 0 Å². The molecule has 0 spiro atoms. The van der Waals surface area contributed by atoms with E-state index in [2.05, 4.69) is 13.8 Å². The normalized spacial score (nSPS) is 17.5. The molecule has 15 heavy (non-hydrogen) atoms. The third-order valence-electron chi connectivity index (χ3n) is 2.92. The Morgan fingerprint density at radius 3 is 2.73 bits per heavy atom. The fourth-order valence-electron chi connectivity index (χ4n) is 2.21. The van der Waals surface area contributed by atoms with E-state index in [1.54, 1.807) is 6.07 Å². The molecule has 0 bridgehead atoms. The number of rotatable bonds is 1. The van der Waals surface area contributed by atoms with Gasteiger partial charge in [0.05, 0.1) is 5.56 Å². The van der Waals surface area contributed by atoms with Gasteiger partial charge in [0.15, 0.2) is 0 Å². The summed E-state index contributed by atoms with van der Waals surface area (Å²) in [7, 11) is 0. The first-order valence-corrected chi connectivity index (χ1v) is 5.92. The first kappa shape index (κ1) is 10.6. The van der Waals surface area contributed by atoms with Crippen molar-refractivity contribution in [3.8, 4) is 0 Å². The van der Waals surface area contributed by atoms with E-state index in [4.69, 9.17) is 5.11 Å². The SMILES string of the molecule is Cc1c(C(=O)O)ccc2c1C(C)(C)CS2. The summed E-state index contributed by atoms with van der Waals surface area (Å²) < 4.78 is 0. The van der Waals surface area contributed by atoms with Crippen LogP contribution in [0, 0.1) is 6.92 Å². The maximum absolute atomic E-state index is 11.0. The molecule has 1 aromatic rings. The quantitative estimate of drug-likeness (QED) is 0.793. The molecule has 0 atom stereocenters. The zero-order valence-corrected chi connectivity index (χ0v) is 9.94. The molecule has 1 aromatic carbocycles. The van der Waals surface area contributed by atoms with Crippen LogP contribution in [0.25, 0.3) is 0 Å². The highest BCUT2D eigenvalue weighted by molar-refractivity contribution is 7.99. The van der Waals surface area contributed by atoms with Gasteiger partial charge in [-0.3, -0.25) is 0 Å². The van der Waals surface area contributed by atoms with Crippen molar-refractivity contribution in [3.63, 3.8) is 0 Å². The highest BCUT2D eigenvalue weighted by Gasteiger charge is 2.33. The zero-order valence-electron chi connectivity index (χ0n) is 9.13. The molecule has 0 saturated carbocycles. The summed E-state index contributed by atoms with van der Waals surface area (Å²) >= 11 is 1.82. The fraction of sp³-hybridized carbons (Fsp3) is 0.417. The summed E-state index contributed by atoms with van der Waals surface area (Å²) in [6.07, 6.45) is 0. The van der Waals surface area contributed by atoms with E-state index in [0.717, 1.165) is 11.3 Å². The highest BCUT2D eigenvalue weighted by atomic mass is 32.2. The van der Waals surface area contributed by atoms with Gasteiger partial charge in [0.1, 0.15) is 0 Å². The smallest absolute Gasteiger partial charge is 0.335 e. The van der Waals surface area contributed by atoms with E-state index >= 15 is 0 Å². The summed E-state index contributed by atoms with van der Waals surface area (Å²) in [6, 6.07) is 3.65. The Morgan fingerprint density at radius 1 is 1.47 bits per heavy atom. The van der Waals surface area contributed by atoms with Gasteiger partial charge >= 0.3 is 5.97 Å². The van der Waals surface area contributed by atoms with Gasteiger partial charge in [-0.05, 0) is 30.2 Å².